The zero-order chi connectivity index (χ0) is 26.6. The highest BCUT2D eigenvalue weighted by Crippen LogP contribution is 2.33. The number of likely N-dealkylation sites (N-methyl/N-ethyl adjacent to an activating group) is 1. The maximum Gasteiger partial charge on any atom is 0.360 e. The molecule has 0 unspecified atom stereocenters. The first kappa shape index (κ1) is 26.8. The summed E-state index contributed by atoms with van der Waals surface area (Å²) >= 11 is 0. The summed E-state index contributed by atoms with van der Waals surface area (Å²) < 4.78 is 38.4. The molecule has 0 N–H and O–H groups in total. The van der Waals surface area contributed by atoms with Crippen molar-refractivity contribution in [1.29, 1.82) is 0 Å². The first-order valence-electron chi connectivity index (χ1n) is 12.5. The van der Waals surface area contributed by atoms with Gasteiger partial charge in [-0.2, -0.15) is 9.29 Å². The van der Waals surface area contributed by atoms with Crippen molar-refractivity contribution < 1.29 is 22.4 Å². The van der Waals surface area contributed by atoms with Crippen LogP contribution in [-0.4, -0.2) is 75.0 Å². The third kappa shape index (κ3) is 5.87. The van der Waals surface area contributed by atoms with Crippen molar-refractivity contribution in [2.24, 2.45) is 0 Å². The highest BCUT2D eigenvalue weighted by Gasteiger charge is 2.27. The molecule has 1 aromatic heterocycles. The first-order chi connectivity index (χ1) is 17.7. The molecule has 0 spiro atoms. The predicted molar refractivity (Wildman–Crippen MR) is 143 cm³/mol. The number of nitrogens with zero attached hydrogens (tertiary/aromatic N) is 4. The Bertz CT molecular complexity index is 1330. The average Bonchev–Trinajstić information content (AvgIpc) is 3.39. The van der Waals surface area contributed by atoms with Gasteiger partial charge in [0.05, 0.1) is 11.5 Å². The van der Waals surface area contributed by atoms with E-state index in [2.05, 4.69) is 16.8 Å². The summed E-state index contributed by atoms with van der Waals surface area (Å²) in [5, 5.41) is 0. The van der Waals surface area contributed by atoms with Crippen molar-refractivity contribution in [3.05, 3.63) is 60.0 Å². The maximum absolute atomic E-state index is 13.1. The van der Waals surface area contributed by atoms with Crippen molar-refractivity contribution in [2.45, 2.75) is 32.1 Å². The van der Waals surface area contributed by atoms with Crippen LogP contribution in [0.1, 0.15) is 36.3 Å². The van der Waals surface area contributed by atoms with Crippen molar-refractivity contribution in [3.63, 3.8) is 0 Å². The van der Waals surface area contributed by atoms with Gasteiger partial charge in [-0.1, -0.05) is 31.2 Å². The van der Waals surface area contributed by atoms with Crippen molar-refractivity contribution >= 4 is 27.7 Å². The molecule has 9 nitrogen and oxygen atoms in total. The van der Waals surface area contributed by atoms with E-state index in [1.165, 1.54) is 6.26 Å². The van der Waals surface area contributed by atoms with E-state index in [1.54, 1.807) is 23.4 Å². The minimum Gasteiger partial charge on any atom is -0.461 e. The van der Waals surface area contributed by atoms with E-state index in [9.17, 15) is 13.2 Å². The van der Waals surface area contributed by atoms with Crippen LogP contribution in [0.2, 0.25) is 0 Å². The predicted octanol–water partition coefficient (Wildman–Crippen LogP) is 4.31. The smallest absolute Gasteiger partial charge is 0.360 e. The molecule has 198 valence electrons. The van der Waals surface area contributed by atoms with Crippen LogP contribution in [0.5, 0.6) is 0 Å². The molecule has 4 rings (SSSR count). The second-order valence-electron chi connectivity index (χ2n) is 9.12. The van der Waals surface area contributed by atoms with Gasteiger partial charge in [-0.25, -0.2) is 13.2 Å². The van der Waals surface area contributed by atoms with E-state index in [4.69, 9.17) is 9.15 Å². The van der Waals surface area contributed by atoms with Gasteiger partial charge in [0.15, 0.2) is 5.69 Å². The summed E-state index contributed by atoms with van der Waals surface area (Å²) in [7, 11) is -1.53. The fourth-order valence-corrected chi connectivity index (χ4v) is 5.73. The van der Waals surface area contributed by atoms with Gasteiger partial charge in [-0.3, -0.25) is 4.90 Å². The van der Waals surface area contributed by atoms with Gasteiger partial charge in [-0.15, -0.1) is 0 Å². The molecule has 37 heavy (non-hydrogen) atoms. The molecule has 0 bridgehead atoms. The zero-order valence-corrected chi connectivity index (χ0v) is 22.6. The Hall–Kier alpha value is -3.21. The SMILES string of the molecule is CCCN(c1nc(C(=O)OCC)co1)c1cc(-c2ccc(S(=O)(=O)N3CCN(C)CC3)cc2)ccc1C. The van der Waals surface area contributed by atoms with Gasteiger partial charge in [-0.05, 0) is 62.2 Å². The fraction of sp³-hybridized carbons (Fsp3) is 0.407. The Kier molecular flexibility index (Phi) is 8.31. The third-order valence-electron chi connectivity index (χ3n) is 6.44. The zero-order valence-electron chi connectivity index (χ0n) is 21.8. The first-order valence-corrected chi connectivity index (χ1v) is 14.0. The number of ether oxygens (including phenoxy) is 1. The Morgan fingerprint density at radius 2 is 1.73 bits per heavy atom. The van der Waals surface area contributed by atoms with Gasteiger partial charge in [0.25, 0.3) is 0 Å². The maximum atomic E-state index is 13.1. The van der Waals surface area contributed by atoms with Gasteiger partial charge >= 0.3 is 12.0 Å². The van der Waals surface area contributed by atoms with Gasteiger partial charge in [0.1, 0.15) is 6.26 Å². The minimum absolute atomic E-state index is 0.129. The standard InChI is InChI=1S/C27H34N4O5S/c1-5-13-31(27-28-24(19-36-27)26(32)35-6-2)25-18-22(8-7-20(25)3)21-9-11-23(12-10-21)37(33,34)30-16-14-29(4)15-17-30/h7-12,18-19H,5-6,13-17H2,1-4H3. The van der Waals surface area contributed by atoms with Crippen molar-refractivity contribution in [2.75, 3.05) is 51.3 Å². The molecule has 2 heterocycles. The topological polar surface area (TPSA) is 96.2 Å². The number of aromatic nitrogens is 1. The van der Waals surface area contributed by atoms with E-state index in [0.29, 0.717) is 30.5 Å². The minimum atomic E-state index is -3.53. The van der Waals surface area contributed by atoms with E-state index < -0.39 is 16.0 Å². The summed E-state index contributed by atoms with van der Waals surface area (Å²) in [6.07, 6.45) is 2.15. The number of benzene rings is 2. The number of oxazole rings is 1. The normalized spacial score (nSPS) is 15.0. The van der Waals surface area contributed by atoms with Crippen LogP contribution in [0.3, 0.4) is 0 Å². The van der Waals surface area contributed by atoms with Gasteiger partial charge in [0, 0.05) is 38.4 Å². The van der Waals surface area contributed by atoms with Crippen molar-refractivity contribution in [1.82, 2.24) is 14.2 Å². The molecule has 0 amide bonds. The number of esters is 1. The molecule has 10 heteroatoms. The number of piperazine rings is 1. The Morgan fingerprint density at radius 1 is 1.05 bits per heavy atom. The second-order valence-corrected chi connectivity index (χ2v) is 11.1. The van der Waals surface area contributed by atoms with Gasteiger partial charge < -0.3 is 14.1 Å². The molecule has 3 aromatic rings. The summed E-state index contributed by atoms with van der Waals surface area (Å²) in [5.74, 6) is -0.522. The van der Waals surface area contributed by atoms with Crippen LogP contribution >= 0.6 is 0 Å². The number of carbonyl (C=O) groups excluding carboxylic acids is 1. The molecule has 1 fully saturated rings. The fourth-order valence-electron chi connectivity index (χ4n) is 4.31. The molecule has 0 saturated carbocycles. The number of carbonyl (C=O) groups is 1. The molecular formula is C27H34N4O5S. The largest absolute Gasteiger partial charge is 0.461 e. The highest BCUT2D eigenvalue weighted by atomic mass is 32.2. The number of anilines is 2. The molecule has 0 aliphatic carbocycles. The summed E-state index contributed by atoms with van der Waals surface area (Å²) in [6.45, 7) is 9.13. The molecule has 2 aromatic carbocycles. The summed E-state index contributed by atoms with van der Waals surface area (Å²) in [4.78, 5) is 20.8. The lowest BCUT2D eigenvalue weighted by molar-refractivity contribution is 0.0519. The van der Waals surface area contributed by atoms with Crippen molar-refractivity contribution in [3.8, 4) is 11.1 Å². The van der Waals surface area contributed by atoms with Crippen LogP contribution in [0, 0.1) is 6.92 Å². The molecule has 1 saturated heterocycles. The lowest BCUT2D eigenvalue weighted by Gasteiger charge is -2.31. The Balaban J connectivity index is 1.61. The second kappa shape index (κ2) is 11.5. The van der Waals surface area contributed by atoms with E-state index in [0.717, 1.165) is 41.9 Å². The quantitative estimate of drug-likeness (QED) is 0.381. The number of sulfonamides is 1. The molecular weight excluding hydrogens is 492 g/mol. The summed E-state index contributed by atoms with van der Waals surface area (Å²) in [5.41, 5.74) is 3.87. The number of hydrogen-bond donors (Lipinski definition) is 0. The number of hydrogen-bond acceptors (Lipinski definition) is 8. The van der Waals surface area contributed by atoms with Gasteiger partial charge in [0.2, 0.25) is 10.0 Å². The Morgan fingerprint density at radius 3 is 2.38 bits per heavy atom. The highest BCUT2D eigenvalue weighted by molar-refractivity contribution is 7.89. The average molecular weight is 527 g/mol. The lowest BCUT2D eigenvalue weighted by atomic mass is 10.0. The monoisotopic (exact) mass is 526 g/mol. The van der Waals surface area contributed by atoms with Crippen LogP contribution in [-0.2, 0) is 14.8 Å². The molecule has 1 aliphatic heterocycles. The van der Waals surface area contributed by atoms with Crippen LogP contribution in [0.25, 0.3) is 11.1 Å². The van der Waals surface area contributed by atoms with E-state index in [1.807, 2.05) is 49.2 Å². The van der Waals surface area contributed by atoms with Crippen LogP contribution in [0.15, 0.2) is 58.0 Å². The Labute approximate surface area is 218 Å². The molecule has 1 aliphatic rings. The third-order valence-corrected chi connectivity index (χ3v) is 8.36. The molecule has 0 radical (unpaired) electrons. The van der Waals surface area contributed by atoms with Crippen LogP contribution < -0.4 is 4.90 Å². The number of rotatable bonds is 9. The van der Waals surface area contributed by atoms with Crippen LogP contribution in [0.4, 0.5) is 11.7 Å². The van der Waals surface area contributed by atoms with E-state index in [-0.39, 0.29) is 12.3 Å². The summed E-state index contributed by atoms with van der Waals surface area (Å²) in [6, 6.07) is 13.4. The molecule has 0 atom stereocenters. The number of aryl methyl sites for hydroxylation is 1. The lowest BCUT2D eigenvalue weighted by Crippen LogP contribution is -2.46. The van der Waals surface area contributed by atoms with E-state index >= 15 is 0 Å².